The van der Waals surface area contributed by atoms with Gasteiger partial charge in [-0.25, -0.2) is 0 Å². The Labute approximate surface area is 115 Å². The van der Waals surface area contributed by atoms with Crippen LogP contribution in [0.5, 0.6) is 0 Å². The van der Waals surface area contributed by atoms with Gasteiger partial charge in [0.2, 0.25) is 0 Å². The van der Waals surface area contributed by atoms with Crippen LogP contribution in [0, 0.1) is 5.92 Å². The van der Waals surface area contributed by atoms with Crippen molar-refractivity contribution in [2.24, 2.45) is 5.92 Å². The van der Waals surface area contributed by atoms with Crippen molar-refractivity contribution < 1.29 is 4.74 Å². The molecule has 1 atom stereocenters. The number of nitrogens with one attached hydrogen (secondary N) is 1. The van der Waals surface area contributed by atoms with Gasteiger partial charge in [0.1, 0.15) is 0 Å². The van der Waals surface area contributed by atoms with Crippen molar-refractivity contribution >= 4 is 5.69 Å². The van der Waals surface area contributed by atoms with Gasteiger partial charge in [-0.15, -0.1) is 0 Å². The molecule has 0 saturated carbocycles. The van der Waals surface area contributed by atoms with Gasteiger partial charge >= 0.3 is 0 Å². The second-order valence-electron chi connectivity index (χ2n) is 5.75. The lowest BCUT2D eigenvalue weighted by atomic mass is 9.94. The van der Waals surface area contributed by atoms with E-state index in [4.69, 9.17) is 4.74 Å². The molecule has 0 aromatic heterocycles. The van der Waals surface area contributed by atoms with Crippen LogP contribution < -0.4 is 10.2 Å². The third kappa shape index (κ3) is 2.77. The number of hydrogen-bond acceptors (Lipinski definition) is 3. The number of nitrogens with zero attached hydrogens (tertiary/aromatic N) is 1. The van der Waals surface area contributed by atoms with E-state index >= 15 is 0 Å². The molecular weight excluding hydrogens is 236 g/mol. The summed E-state index contributed by atoms with van der Waals surface area (Å²) in [4.78, 5) is 2.57. The summed E-state index contributed by atoms with van der Waals surface area (Å²) in [6, 6.07) is 6.80. The summed E-state index contributed by atoms with van der Waals surface area (Å²) in [5.74, 6) is 0.686. The molecule has 0 bridgehead atoms. The zero-order chi connectivity index (χ0) is 13.1. The van der Waals surface area contributed by atoms with E-state index in [0.717, 1.165) is 26.2 Å². The smallest absolute Gasteiger partial charge is 0.0507 e. The van der Waals surface area contributed by atoms with E-state index in [9.17, 15) is 0 Å². The molecule has 104 valence electrons. The van der Waals surface area contributed by atoms with E-state index in [1.54, 1.807) is 0 Å². The van der Waals surface area contributed by atoms with Crippen molar-refractivity contribution in [2.75, 3.05) is 38.3 Å². The maximum Gasteiger partial charge on any atom is 0.0507 e. The van der Waals surface area contributed by atoms with Crippen LogP contribution in [0.1, 0.15) is 24.0 Å². The summed E-state index contributed by atoms with van der Waals surface area (Å²) >= 11 is 0. The minimum atomic E-state index is 0.686. The summed E-state index contributed by atoms with van der Waals surface area (Å²) in [6.45, 7) is 5.37. The predicted molar refractivity (Wildman–Crippen MR) is 78.7 cm³/mol. The first-order valence-corrected chi connectivity index (χ1v) is 7.44. The van der Waals surface area contributed by atoms with Gasteiger partial charge < -0.3 is 15.0 Å². The zero-order valence-electron chi connectivity index (χ0n) is 11.8. The van der Waals surface area contributed by atoms with Gasteiger partial charge in [-0.2, -0.15) is 0 Å². The molecule has 1 saturated heterocycles. The van der Waals surface area contributed by atoms with E-state index < -0.39 is 0 Å². The highest BCUT2D eigenvalue weighted by atomic mass is 16.5. The van der Waals surface area contributed by atoms with Crippen LogP contribution in [0.2, 0.25) is 0 Å². The second kappa shape index (κ2) is 5.93. The van der Waals surface area contributed by atoms with E-state index in [2.05, 4.69) is 28.4 Å². The Kier molecular flexibility index (Phi) is 4.04. The number of piperidine rings is 1. The average Bonchev–Trinajstić information content (AvgIpc) is 2.47. The van der Waals surface area contributed by atoms with E-state index in [1.165, 1.54) is 42.6 Å². The standard InChI is InChI=1S/C16H24N2O/c1-19-12-13-4-3-9-18(11-13)16-6-2-5-14-7-8-17-10-15(14)16/h2,5-6,13,17H,3-4,7-12H2,1H3. The van der Waals surface area contributed by atoms with Gasteiger partial charge in [-0.1, -0.05) is 12.1 Å². The topological polar surface area (TPSA) is 24.5 Å². The monoisotopic (exact) mass is 260 g/mol. The summed E-state index contributed by atoms with van der Waals surface area (Å²) in [5, 5.41) is 3.51. The molecule has 1 unspecified atom stereocenters. The molecule has 2 heterocycles. The molecule has 3 rings (SSSR count). The van der Waals surface area contributed by atoms with Gasteiger partial charge in [0.15, 0.2) is 0 Å². The van der Waals surface area contributed by atoms with Gasteiger partial charge in [0.25, 0.3) is 0 Å². The number of benzene rings is 1. The molecule has 0 aliphatic carbocycles. The van der Waals surface area contributed by atoms with Gasteiger partial charge in [-0.3, -0.25) is 0 Å². The molecule has 1 aromatic rings. The SMILES string of the molecule is COCC1CCCN(c2cccc3c2CNCC3)C1. The molecule has 3 nitrogen and oxygen atoms in total. The molecular formula is C16H24N2O. The lowest BCUT2D eigenvalue weighted by Crippen LogP contribution is -2.38. The predicted octanol–water partition coefficient (Wildman–Crippen LogP) is 2.20. The van der Waals surface area contributed by atoms with Crippen molar-refractivity contribution in [1.82, 2.24) is 5.32 Å². The number of rotatable bonds is 3. The highest BCUT2D eigenvalue weighted by molar-refractivity contribution is 5.58. The molecule has 1 fully saturated rings. The number of anilines is 1. The van der Waals surface area contributed by atoms with Crippen molar-refractivity contribution in [3.05, 3.63) is 29.3 Å². The maximum absolute atomic E-state index is 5.34. The van der Waals surface area contributed by atoms with Gasteiger partial charge in [0.05, 0.1) is 6.61 Å². The number of fused-ring (bicyclic) bond motifs is 1. The fourth-order valence-corrected chi connectivity index (χ4v) is 3.45. The molecule has 1 aromatic carbocycles. The van der Waals surface area contributed by atoms with Crippen LogP contribution in [-0.2, 0) is 17.7 Å². The number of methoxy groups -OCH3 is 1. The Hall–Kier alpha value is -1.06. The fourth-order valence-electron chi connectivity index (χ4n) is 3.45. The summed E-state index contributed by atoms with van der Waals surface area (Å²) in [5.41, 5.74) is 4.50. The first-order chi connectivity index (χ1) is 9.38. The highest BCUT2D eigenvalue weighted by Crippen LogP contribution is 2.30. The number of hydrogen-bond donors (Lipinski definition) is 1. The largest absolute Gasteiger partial charge is 0.384 e. The quantitative estimate of drug-likeness (QED) is 0.901. The number of ether oxygens (including phenoxy) is 1. The maximum atomic E-state index is 5.34. The first kappa shape index (κ1) is 12.9. The van der Waals surface area contributed by atoms with Crippen LogP contribution in [0.25, 0.3) is 0 Å². The molecule has 0 spiro atoms. The van der Waals surface area contributed by atoms with Crippen molar-refractivity contribution in [2.45, 2.75) is 25.8 Å². The molecule has 3 heteroatoms. The van der Waals surface area contributed by atoms with Gasteiger partial charge in [0, 0.05) is 32.4 Å². The Balaban J connectivity index is 1.81. The Morgan fingerprint density at radius 3 is 3.26 bits per heavy atom. The van der Waals surface area contributed by atoms with Crippen molar-refractivity contribution in [3.8, 4) is 0 Å². The molecule has 2 aliphatic heterocycles. The molecule has 1 N–H and O–H groups in total. The lowest BCUT2D eigenvalue weighted by molar-refractivity contribution is 0.143. The summed E-state index contributed by atoms with van der Waals surface area (Å²) < 4.78 is 5.34. The second-order valence-corrected chi connectivity index (χ2v) is 5.75. The average molecular weight is 260 g/mol. The van der Waals surface area contributed by atoms with E-state index in [-0.39, 0.29) is 0 Å². The molecule has 0 radical (unpaired) electrons. The molecule has 2 aliphatic rings. The normalized spacial score (nSPS) is 23.2. The molecule has 19 heavy (non-hydrogen) atoms. The van der Waals surface area contributed by atoms with Crippen molar-refractivity contribution in [1.29, 1.82) is 0 Å². The Morgan fingerprint density at radius 2 is 2.37 bits per heavy atom. The highest BCUT2D eigenvalue weighted by Gasteiger charge is 2.23. The third-order valence-corrected chi connectivity index (χ3v) is 4.38. The Bertz CT molecular complexity index is 431. The zero-order valence-corrected chi connectivity index (χ0v) is 11.8. The van der Waals surface area contributed by atoms with E-state index in [1.807, 2.05) is 7.11 Å². The summed E-state index contributed by atoms with van der Waals surface area (Å²) in [7, 11) is 1.81. The van der Waals surface area contributed by atoms with Crippen LogP contribution in [-0.4, -0.2) is 33.4 Å². The summed E-state index contributed by atoms with van der Waals surface area (Å²) in [6.07, 6.45) is 3.75. The van der Waals surface area contributed by atoms with Gasteiger partial charge in [-0.05, 0) is 48.9 Å². The lowest BCUT2D eigenvalue weighted by Gasteiger charge is -2.36. The fraction of sp³-hybridized carbons (Fsp3) is 0.625. The minimum Gasteiger partial charge on any atom is -0.384 e. The first-order valence-electron chi connectivity index (χ1n) is 7.44. The van der Waals surface area contributed by atoms with Crippen LogP contribution in [0.15, 0.2) is 18.2 Å². The van der Waals surface area contributed by atoms with Crippen LogP contribution in [0.4, 0.5) is 5.69 Å². The van der Waals surface area contributed by atoms with Crippen molar-refractivity contribution in [3.63, 3.8) is 0 Å². The van der Waals surface area contributed by atoms with E-state index in [0.29, 0.717) is 5.92 Å². The minimum absolute atomic E-state index is 0.686. The molecule has 0 amide bonds. The van der Waals surface area contributed by atoms with Crippen LogP contribution in [0.3, 0.4) is 0 Å². The third-order valence-electron chi connectivity index (χ3n) is 4.38. The Morgan fingerprint density at radius 1 is 1.42 bits per heavy atom. The van der Waals surface area contributed by atoms with Crippen LogP contribution >= 0.6 is 0 Å².